The number of hydrogen-bond donors (Lipinski definition) is 1. The number of alkyl halides is 3. The maximum atomic E-state index is 14.1. The molecule has 2 aromatic rings. The van der Waals surface area contributed by atoms with Crippen LogP contribution >= 0.6 is 0 Å². The highest BCUT2D eigenvalue weighted by Crippen LogP contribution is 2.46. The molecule has 2 aliphatic rings. The van der Waals surface area contributed by atoms with E-state index in [1.165, 1.54) is 24.1 Å². The standard InChI is InChI=1S/C28H31F4NO6S/c1-26(36,28(30,31)32)20-7-9-21(10-8-20)27(40(37,38)23-13-11-22(29)12-14-23)15-16-33(17-27)24(34)18-3-5-19(6-4-18)25(35)39-2/h7-14,18-19,36H,3-6,15-17H2,1-2H3/t18-,19-,26?,27-/m0/s1. The van der Waals surface area contributed by atoms with Gasteiger partial charge in [0.15, 0.2) is 15.4 Å². The van der Waals surface area contributed by atoms with Crippen molar-refractivity contribution in [3.63, 3.8) is 0 Å². The van der Waals surface area contributed by atoms with Crippen LogP contribution in [0, 0.1) is 17.7 Å². The van der Waals surface area contributed by atoms with Gasteiger partial charge in [0.25, 0.3) is 0 Å². The van der Waals surface area contributed by atoms with Gasteiger partial charge in [0.05, 0.1) is 17.9 Å². The van der Waals surface area contributed by atoms with E-state index >= 15 is 0 Å². The summed E-state index contributed by atoms with van der Waals surface area (Å²) in [6.45, 7) is 0.438. The van der Waals surface area contributed by atoms with Gasteiger partial charge >= 0.3 is 12.1 Å². The molecule has 1 saturated heterocycles. The van der Waals surface area contributed by atoms with Crippen molar-refractivity contribution < 1.29 is 45.4 Å². The number of nitrogens with zero attached hydrogens (tertiary/aromatic N) is 1. The summed E-state index contributed by atoms with van der Waals surface area (Å²) in [6.07, 6.45) is -3.18. The Kier molecular flexibility index (Phi) is 8.07. The van der Waals surface area contributed by atoms with Gasteiger partial charge in [-0.05, 0) is 74.4 Å². The van der Waals surface area contributed by atoms with E-state index in [9.17, 15) is 40.7 Å². The molecule has 2 aromatic carbocycles. The van der Waals surface area contributed by atoms with Gasteiger partial charge in [-0.25, -0.2) is 12.8 Å². The molecule has 2 fully saturated rings. The summed E-state index contributed by atoms with van der Waals surface area (Å²) in [5.41, 5.74) is -3.47. The number of ether oxygens (including phenoxy) is 1. The second kappa shape index (κ2) is 10.8. The van der Waals surface area contributed by atoms with E-state index in [0.29, 0.717) is 32.6 Å². The van der Waals surface area contributed by atoms with Crippen LogP contribution in [0.1, 0.15) is 50.2 Å². The fourth-order valence-corrected chi connectivity index (χ4v) is 7.76. The summed E-state index contributed by atoms with van der Waals surface area (Å²) in [5, 5.41) is 10.1. The third kappa shape index (κ3) is 5.23. The number of amides is 1. The lowest BCUT2D eigenvalue weighted by molar-refractivity contribution is -0.258. The van der Waals surface area contributed by atoms with Gasteiger partial charge in [0, 0.05) is 19.0 Å². The number of hydrogen-bond acceptors (Lipinski definition) is 6. The van der Waals surface area contributed by atoms with Crippen LogP contribution in [0.2, 0.25) is 0 Å². The average molecular weight is 586 g/mol. The zero-order chi connectivity index (χ0) is 29.5. The molecule has 1 N–H and O–H groups in total. The topological polar surface area (TPSA) is 101 Å². The van der Waals surface area contributed by atoms with Gasteiger partial charge in [-0.2, -0.15) is 13.2 Å². The fraction of sp³-hybridized carbons (Fsp3) is 0.500. The predicted octanol–water partition coefficient (Wildman–Crippen LogP) is 4.48. The Hall–Kier alpha value is -2.99. The molecule has 1 unspecified atom stereocenters. The lowest BCUT2D eigenvalue weighted by Crippen LogP contribution is -2.43. The monoisotopic (exact) mass is 585 g/mol. The van der Waals surface area contributed by atoms with Crippen LogP contribution in [0.5, 0.6) is 0 Å². The van der Waals surface area contributed by atoms with Gasteiger partial charge in [0.2, 0.25) is 5.91 Å². The molecule has 1 heterocycles. The maximum absolute atomic E-state index is 14.1. The van der Waals surface area contributed by atoms with Crippen LogP contribution in [0.25, 0.3) is 0 Å². The molecule has 0 bridgehead atoms. The van der Waals surface area contributed by atoms with Crippen molar-refractivity contribution in [3.8, 4) is 0 Å². The smallest absolute Gasteiger partial charge is 0.421 e. The van der Waals surface area contributed by atoms with Gasteiger partial charge in [0.1, 0.15) is 10.6 Å². The molecule has 4 rings (SSSR count). The predicted molar refractivity (Wildman–Crippen MR) is 136 cm³/mol. The Morgan fingerprint density at radius 3 is 2.05 bits per heavy atom. The first kappa shape index (κ1) is 30.0. The minimum absolute atomic E-state index is 0.0367. The number of carbonyl (C=O) groups is 2. The van der Waals surface area contributed by atoms with Crippen LogP contribution in [-0.4, -0.2) is 56.7 Å². The van der Waals surface area contributed by atoms with Gasteiger partial charge in [-0.3, -0.25) is 9.59 Å². The number of carbonyl (C=O) groups excluding carboxylic acids is 2. The van der Waals surface area contributed by atoms with Gasteiger partial charge in [-0.15, -0.1) is 0 Å². The number of aliphatic hydroxyl groups is 1. The number of methoxy groups -OCH3 is 1. The minimum Gasteiger partial charge on any atom is -0.469 e. The van der Waals surface area contributed by atoms with Crippen LogP contribution in [0.4, 0.5) is 17.6 Å². The van der Waals surface area contributed by atoms with Crippen LogP contribution in [0.3, 0.4) is 0 Å². The quantitative estimate of drug-likeness (QED) is 0.305. The number of halogens is 4. The first-order valence-electron chi connectivity index (χ1n) is 12.9. The van der Waals surface area contributed by atoms with E-state index in [-0.39, 0.29) is 47.8 Å². The first-order chi connectivity index (χ1) is 18.6. The molecule has 0 aromatic heterocycles. The van der Waals surface area contributed by atoms with E-state index in [4.69, 9.17) is 4.74 Å². The van der Waals surface area contributed by atoms with E-state index in [1.807, 2.05) is 0 Å². The van der Waals surface area contributed by atoms with Crippen LogP contribution in [0.15, 0.2) is 53.4 Å². The van der Waals surface area contributed by atoms with Gasteiger partial charge < -0.3 is 14.7 Å². The van der Waals surface area contributed by atoms with Crippen molar-refractivity contribution in [1.82, 2.24) is 4.90 Å². The van der Waals surface area contributed by atoms with Crippen LogP contribution in [-0.2, 0) is 34.5 Å². The summed E-state index contributed by atoms with van der Waals surface area (Å²) in [7, 11) is -2.97. The molecule has 1 aliphatic carbocycles. The molecule has 1 aliphatic heterocycles. The second-order valence-electron chi connectivity index (χ2n) is 10.7. The van der Waals surface area contributed by atoms with Crippen LogP contribution < -0.4 is 0 Å². The first-order valence-corrected chi connectivity index (χ1v) is 14.4. The zero-order valence-corrected chi connectivity index (χ0v) is 22.9. The SMILES string of the molecule is COC(=O)[C@H]1CC[C@H](C(=O)N2CC[C@](c3ccc(C(C)(O)C(F)(F)F)cc3)(S(=O)(=O)c3ccc(F)cc3)C2)CC1. The highest BCUT2D eigenvalue weighted by molar-refractivity contribution is 7.92. The van der Waals surface area contributed by atoms with E-state index in [0.717, 1.165) is 36.4 Å². The van der Waals surface area contributed by atoms with Gasteiger partial charge in [-0.1, -0.05) is 24.3 Å². The summed E-state index contributed by atoms with van der Waals surface area (Å²) >= 11 is 0. The average Bonchev–Trinajstić information content (AvgIpc) is 3.39. The summed E-state index contributed by atoms with van der Waals surface area (Å²) in [4.78, 5) is 26.6. The number of rotatable bonds is 6. The number of esters is 1. The highest BCUT2D eigenvalue weighted by Gasteiger charge is 2.54. The number of benzene rings is 2. The van der Waals surface area contributed by atoms with E-state index in [1.54, 1.807) is 0 Å². The van der Waals surface area contributed by atoms with Crippen molar-refractivity contribution in [1.29, 1.82) is 0 Å². The molecule has 1 amide bonds. The third-order valence-corrected chi connectivity index (χ3v) is 10.8. The summed E-state index contributed by atoms with van der Waals surface area (Å²) in [5.74, 6) is -1.93. The molecular weight excluding hydrogens is 554 g/mol. The van der Waals surface area contributed by atoms with Crippen molar-refractivity contribution in [2.24, 2.45) is 11.8 Å². The molecule has 0 spiro atoms. The Morgan fingerprint density at radius 1 is 0.975 bits per heavy atom. The van der Waals surface area contributed by atoms with E-state index < -0.39 is 43.7 Å². The molecule has 218 valence electrons. The third-order valence-electron chi connectivity index (χ3n) is 8.32. The van der Waals surface area contributed by atoms with Crippen molar-refractivity contribution in [2.45, 2.75) is 60.4 Å². The molecule has 1 saturated carbocycles. The molecule has 40 heavy (non-hydrogen) atoms. The summed E-state index contributed by atoms with van der Waals surface area (Å²) in [6, 6.07) is 8.76. The largest absolute Gasteiger partial charge is 0.469 e. The second-order valence-corrected chi connectivity index (χ2v) is 12.9. The molecule has 12 heteroatoms. The minimum atomic E-state index is -4.96. The molecule has 7 nitrogen and oxygen atoms in total. The zero-order valence-electron chi connectivity index (χ0n) is 22.1. The fourth-order valence-electron chi connectivity index (χ4n) is 5.68. The Morgan fingerprint density at radius 2 is 1.52 bits per heavy atom. The number of sulfone groups is 1. The maximum Gasteiger partial charge on any atom is 0.421 e. The van der Waals surface area contributed by atoms with E-state index in [2.05, 4.69) is 0 Å². The molecular formula is C28H31F4NO6S. The normalized spacial score (nSPS) is 25.3. The lowest BCUT2D eigenvalue weighted by atomic mass is 9.81. The Bertz CT molecular complexity index is 1350. The Labute approximate surface area is 230 Å². The lowest BCUT2D eigenvalue weighted by Gasteiger charge is -2.33. The Balaban J connectivity index is 1.68. The highest BCUT2D eigenvalue weighted by atomic mass is 32.2. The number of likely N-dealkylation sites (tertiary alicyclic amines) is 1. The molecule has 0 radical (unpaired) electrons. The van der Waals surface area contributed by atoms with Crippen molar-refractivity contribution in [2.75, 3.05) is 20.2 Å². The molecule has 2 atom stereocenters. The summed E-state index contributed by atoms with van der Waals surface area (Å²) < 4.78 is 85.0. The van der Waals surface area contributed by atoms with Crippen molar-refractivity contribution >= 4 is 21.7 Å². The van der Waals surface area contributed by atoms with Crippen molar-refractivity contribution in [3.05, 3.63) is 65.5 Å².